The minimum atomic E-state index is 0.422. The highest BCUT2D eigenvalue weighted by atomic mass is 14.9. The van der Waals surface area contributed by atoms with Crippen molar-refractivity contribution in [3.05, 3.63) is 53.5 Å². The van der Waals surface area contributed by atoms with Crippen LogP contribution in [0.25, 0.3) is 0 Å². The van der Waals surface area contributed by atoms with Crippen molar-refractivity contribution < 1.29 is 0 Å². The van der Waals surface area contributed by atoms with Gasteiger partial charge in [-0.15, -0.1) is 5.73 Å². The fraction of sp³-hybridized carbons (Fsp3) is 0.412. The summed E-state index contributed by atoms with van der Waals surface area (Å²) in [5.74, 6) is 0.955. The van der Waals surface area contributed by atoms with E-state index in [1.165, 1.54) is 11.1 Å². The first kappa shape index (κ1) is 17.2. The van der Waals surface area contributed by atoms with Gasteiger partial charge in [-0.1, -0.05) is 36.8 Å². The maximum atomic E-state index is 5.88. The third-order valence-corrected chi connectivity index (χ3v) is 2.82. The van der Waals surface area contributed by atoms with E-state index >= 15 is 0 Å². The number of nitrogens with zero attached hydrogens (tertiary/aromatic N) is 1. The zero-order chi connectivity index (χ0) is 14.8. The molecule has 0 fully saturated rings. The normalized spacial score (nSPS) is 14.2. The Bertz CT molecular complexity index is 452. The molecule has 0 spiro atoms. The molecule has 0 aromatic carbocycles. The van der Waals surface area contributed by atoms with E-state index in [1.54, 1.807) is 0 Å². The van der Waals surface area contributed by atoms with Crippen LogP contribution in [0, 0.1) is 5.92 Å². The molecular weight excluding hydrogens is 232 g/mol. The van der Waals surface area contributed by atoms with Gasteiger partial charge in [0.05, 0.1) is 0 Å². The molecule has 0 aliphatic carbocycles. The van der Waals surface area contributed by atoms with E-state index in [2.05, 4.69) is 30.3 Å². The van der Waals surface area contributed by atoms with Gasteiger partial charge >= 0.3 is 0 Å². The van der Waals surface area contributed by atoms with Crippen LogP contribution in [0.1, 0.15) is 41.0 Å². The Balaban J connectivity index is 4.77. The summed E-state index contributed by atoms with van der Waals surface area (Å²) >= 11 is 0. The van der Waals surface area contributed by atoms with Gasteiger partial charge in [0, 0.05) is 5.70 Å². The van der Waals surface area contributed by atoms with Crippen LogP contribution in [0.15, 0.2) is 58.4 Å². The zero-order valence-electron chi connectivity index (χ0n) is 12.8. The summed E-state index contributed by atoms with van der Waals surface area (Å²) in [7, 11) is 0. The summed E-state index contributed by atoms with van der Waals surface area (Å²) in [5.41, 5.74) is 12.1. The van der Waals surface area contributed by atoms with Gasteiger partial charge < -0.3 is 5.73 Å². The number of nitrogens with two attached hydrogens (primary N) is 1. The summed E-state index contributed by atoms with van der Waals surface area (Å²) in [6.07, 6.45) is 8.88. The van der Waals surface area contributed by atoms with Crippen LogP contribution < -0.4 is 5.73 Å². The van der Waals surface area contributed by atoms with Gasteiger partial charge in [0.2, 0.25) is 0 Å². The summed E-state index contributed by atoms with van der Waals surface area (Å²) < 4.78 is 0. The zero-order valence-corrected chi connectivity index (χ0v) is 12.8. The Labute approximate surface area is 117 Å². The number of hydrogen-bond donors (Lipinski definition) is 1. The Hall–Kier alpha value is -1.79. The molecule has 0 aromatic heterocycles. The molecule has 0 saturated carbocycles. The quantitative estimate of drug-likeness (QED) is 0.323. The molecule has 0 heterocycles. The van der Waals surface area contributed by atoms with Crippen molar-refractivity contribution in [2.75, 3.05) is 0 Å². The smallest absolute Gasteiger partial charge is 0.123 e. The third-order valence-electron chi connectivity index (χ3n) is 2.82. The van der Waals surface area contributed by atoms with Crippen LogP contribution in [0.5, 0.6) is 0 Å². The first-order valence-electron chi connectivity index (χ1n) is 6.58. The summed E-state index contributed by atoms with van der Waals surface area (Å²) in [4.78, 5) is 4.33. The molecule has 0 aromatic rings. The van der Waals surface area contributed by atoms with Crippen LogP contribution >= 0.6 is 0 Å². The second-order valence-electron chi connectivity index (χ2n) is 4.87. The standard InChI is InChI=1S/C17H26N2/c1-7-9-14(5)12-16(8-2)10-11-17(18)19-15(6)13(3)4/h8-11,14H,1,12H2,2-6H3,(H2,18,19)/b11-10-,16-8+. The lowest BCUT2D eigenvalue weighted by Crippen LogP contribution is -2.08. The highest BCUT2D eigenvalue weighted by Crippen LogP contribution is 2.13. The first-order chi connectivity index (χ1) is 8.90. The Morgan fingerprint density at radius 1 is 1.32 bits per heavy atom. The molecule has 19 heavy (non-hydrogen) atoms. The van der Waals surface area contributed by atoms with Crippen LogP contribution in [0.4, 0.5) is 0 Å². The summed E-state index contributed by atoms with van der Waals surface area (Å²) in [6, 6.07) is 0. The molecule has 0 amide bonds. The number of aliphatic imine (C=N–C) groups is 1. The number of amidine groups is 1. The third kappa shape index (κ3) is 8.01. The molecule has 0 bridgehead atoms. The second-order valence-corrected chi connectivity index (χ2v) is 4.87. The van der Waals surface area contributed by atoms with Gasteiger partial charge in [-0.05, 0) is 52.2 Å². The second kappa shape index (κ2) is 9.18. The molecule has 0 aliphatic heterocycles. The molecule has 104 valence electrons. The molecule has 0 aliphatic rings. The van der Waals surface area contributed by atoms with E-state index in [-0.39, 0.29) is 0 Å². The highest BCUT2D eigenvalue weighted by Gasteiger charge is 1.99. The monoisotopic (exact) mass is 258 g/mol. The Morgan fingerprint density at radius 3 is 2.42 bits per heavy atom. The molecular formula is C17H26N2. The van der Waals surface area contributed by atoms with Crippen LogP contribution in [0.2, 0.25) is 0 Å². The van der Waals surface area contributed by atoms with E-state index in [1.807, 2.05) is 45.9 Å². The molecule has 0 rings (SSSR count). The predicted octanol–water partition coefficient (Wildman–Crippen LogP) is 4.53. The Morgan fingerprint density at radius 2 is 1.95 bits per heavy atom. The number of allylic oxidation sites excluding steroid dienone is 6. The molecule has 0 radical (unpaired) electrons. The molecule has 2 nitrogen and oxygen atoms in total. The van der Waals surface area contributed by atoms with Gasteiger partial charge in [0.15, 0.2) is 0 Å². The van der Waals surface area contributed by atoms with Gasteiger partial charge in [-0.3, -0.25) is 0 Å². The van der Waals surface area contributed by atoms with Crippen molar-refractivity contribution in [1.82, 2.24) is 0 Å². The van der Waals surface area contributed by atoms with Gasteiger partial charge in [-0.2, -0.15) is 0 Å². The number of hydrogen-bond acceptors (Lipinski definition) is 1. The van der Waals surface area contributed by atoms with Crippen molar-refractivity contribution in [1.29, 1.82) is 0 Å². The van der Waals surface area contributed by atoms with Crippen molar-refractivity contribution >= 4 is 5.84 Å². The predicted molar refractivity (Wildman–Crippen MR) is 86.1 cm³/mol. The largest absolute Gasteiger partial charge is 0.384 e. The van der Waals surface area contributed by atoms with Gasteiger partial charge in [0.25, 0.3) is 0 Å². The molecule has 0 saturated heterocycles. The van der Waals surface area contributed by atoms with Crippen molar-refractivity contribution in [2.45, 2.75) is 41.0 Å². The Kier molecular flexibility index (Phi) is 8.32. The van der Waals surface area contributed by atoms with Crippen LogP contribution in [-0.4, -0.2) is 5.84 Å². The van der Waals surface area contributed by atoms with Gasteiger partial charge in [0.1, 0.15) is 5.84 Å². The van der Waals surface area contributed by atoms with Crippen molar-refractivity contribution in [3.63, 3.8) is 0 Å². The lowest BCUT2D eigenvalue weighted by Gasteiger charge is -2.05. The molecule has 1 atom stereocenters. The average Bonchev–Trinajstić information content (AvgIpc) is 2.34. The van der Waals surface area contributed by atoms with Gasteiger partial charge in [-0.25, -0.2) is 4.99 Å². The van der Waals surface area contributed by atoms with E-state index in [0.29, 0.717) is 11.8 Å². The lowest BCUT2D eigenvalue weighted by atomic mass is 10.0. The average molecular weight is 258 g/mol. The molecule has 2 heteroatoms. The van der Waals surface area contributed by atoms with Crippen LogP contribution in [0.3, 0.4) is 0 Å². The maximum absolute atomic E-state index is 5.88. The molecule has 2 N–H and O–H groups in total. The number of rotatable bonds is 6. The van der Waals surface area contributed by atoms with E-state index < -0.39 is 0 Å². The topological polar surface area (TPSA) is 38.4 Å². The molecule has 1 unspecified atom stereocenters. The van der Waals surface area contributed by atoms with E-state index in [9.17, 15) is 0 Å². The fourth-order valence-corrected chi connectivity index (χ4v) is 1.45. The minimum absolute atomic E-state index is 0.422. The van der Waals surface area contributed by atoms with Crippen LogP contribution in [-0.2, 0) is 0 Å². The van der Waals surface area contributed by atoms with E-state index in [4.69, 9.17) is 5.73 Å². The summed E-state index contributed by atoms with van der Waals surface area (Å²) in [6.45, 7) is 13.8. The highest BCUT2D eigenvalue weighted by molar-refractivity contribution is 5.92. The van der Waals surface area contributed by atoms with Crippen molar-refractivity contribution in [2.24, 2.45) is 16.6 Å². The maximum Gasteiger partial charge on any atom is 0.123 e. The van der Waals surface area contributed by atoms with E-state index in [0.717, 1.165) is 12.1 Å². The first-order valence-corrected chi connectivity index (χ1v) is 6.58. The SMILES string of the molecule is C=C=CC(C)CC(/C=C\C(N)=NC(C)=C(C)C)=C/C. The summed E-state index contributed by atoms with van der Waals surface area (Å²) in [5, 5.41) is 0. The minimum Gasteiger partial charge on any atom is -0.384 e. The van der Waals surface area contributed by atoms with Crippen molar-refractivity contribution in [3.8, 4) is 0 Å². The lowest BCUT2D eigenvalue weighted by molar-refractivity contribution is 0.727. The fourth-order valence-electron chi connectivity index (χ4n) is 1.45.